The topological polar surface area (TPSA) is 73.8 Å². The molecule has 2 N–H and O–H groups in total. The number of piperidine rings is 1. The standard InChI is InChI=1S/C25H31FN4O2/c26-22-14-12-20(13-15-22)19-28-29-25(32)23(30-17-7-2-8-18-30)11-5-6-16-27-24(31)21-9-3-1-4-10-21/h1,3-4,9-10,12-15,19,23H,2,5-8,11,16-18H2,(H,27,31)(H,29,32)/b28-19+. The van der Waals surface area contributed by atoms with Crippen LogP contribution in [0.4, 0.5) is 4.39 Å². The molecule has 2 aromatic carbocycles. The van der Waals surface area contributed by atoms with E-state index in [1.54, 1.807) is 24.3 Å². The van der Waals surface area contributed by atoms with Gasteiger partial charge in [0.15, 0.2) is 0 Å². The van der Waals surface area contributed by atoms with Crippen LogP contribution in [0.15, 0.2) is 59.7 Å². The van der Waals surface area contributed by atoms with Gasteiger partial charge in [-0.05, 0) is 75.0 Å². The van der Waals surface area contributed by atoms with Crippen molar-refractivity contribution >= 4 is 18.0 Å². The van der Waals surface area contributed by atoms with E-state index < -0.39 is 0 Å². The van der Waals surface area contributed by atoms with Crippen LogP contribution in [0.2, 0.25) is 0 Å². The van der Waals surface area contributed by atoms with Crippen LogP contribution in [-0.2, 0) is 4.79 Å². The Morgan fingerprint density at radius 3 is 2.44 bits per heavy atom. The van der Waals surface area contributed by atoms with Gasteiger partial charge in [0.05, 0.1) is 12.3 Å². The molecule has 0 aromatic heterocycles. The molecule has 170 valence electrons. The van der Waals surface area contributed by atoms with Gasteiger partial charge >= 0.3 is 0 Å². The van der Waals surface area contributed by atoms with E-state index in [2.05, 4.69) is 20.7 Å². The summed E-state index contributed by atoms with van der Waals surface area (Å²) in [6.07, 6.45) is 7.23. The fourth-order valence-electron chi connectivity index (χ4n) is 3.86. The zero-order valence-corrected chi connectivity index (χ0v) is 18.3. The molecule has 1 saturated heterocycles. The number of carbonyl (C=O) groups excluding carboxylic acids is 2. The van der Waals surface area contributed by atoms with Gasteiger partial charge in [-0.15, -0.1) is 0 Å². The normalized spacial score (nSPS) is 15.4. The highest BCUT2D eigenvalue weighted by Gasteiger charge is 2.26. The Bertz CT molecular complexity index is 881. The number of nitrogens with one attached hydrogen (secondary N) is 2. The van der Waals surface area contributed by atoms with Crippen molar-refractivity contribution in [1.82, 2.24) is 15.6 Å². The number of halogens is 1. The molecule has 1 aliphatic rings. The first-order valence-electron chi connectivity index (χ1n) is 11.3. The first kappa shape index (κ1) is 23.6. The molecule has 0 bridgehead atoms. The minimum absolute atomic E-state index is 0.0777. The molecule has 0 radical (unpaired) electrons. The van der Waals surface area contributed by atoms with E-state index in [4.69, 9.17) is 0 Å². The molecule has 7 heteroatoms. The highest BCUT2D eigenvalue weighted by Crippen LogP contribution is 2.16. The summed E-state index contributed by atoms with van der Waals surface area (Å²) in [5.74, 6) is -0.513. The van der Waals surface area contributed by atoms with Crippen molar-refractivity contribution in [2.24, 2.45) is 5.10 Å². The van der Waals surface area contributed by atoms with E-state index in [0.717, 1.165) is 44.3 Å². The van der Waals surface area contributed by atoms with E-state index in [1.165, 1.54) is 24.8 Å². The maximum Gasteiger partial charge on any atom is 0.257 e. The van der Waals surface area contributed by atoms with Crippen LogP contribution >= 0.6 is 0 Å². The second-order valence-corrected chi connectivity index (χ2v) is 8.02. The number of nitrogens with zero attached hydrogens (tertiary/aromatic N) is 2. The third kappa shape index (κ3) is 7.57. The zero-order chi connectivity index (χ0) is 22.6. The summed E-state index contributed by atoms with van der Waals surface area (Å²) in [4.78, 5) is 27.2. The lowest BCUT2D eigenvalue weighted by Crippen LogP contribution is -2.47. The number of hydrogen-bond acceptors (Lipinski definition) is 4. The Morgan fingerprint density at radius 1 is 1.00 bits per heavy atom. The van der Waals surface area contributed by atoms with Crippen molar-refractivity contribution in [3.05, 3.63) is 71.5 Å². The van der Waals surface area contributed by atoms with E-state index in [1.807, 2.05) is 18.2 Å². The number of hydrazone groups is 1. The van der Waals surface area contributed by atoms with Gasteiger partial charge in [0.2, 0.25) is 0 Å². The zero-order valence-electron chi connectivity index (χ0n) is 18.3. The molecule has 6 nitrogen and oxygen atoms in total. The maximum atomic E-state index is 13.0. The predicted molar refractivity (Wildman–Crippen MR) is 124 cm³/mol. The molecule has 1 heterocycles. The minimum atomic E-state index is -0.309. The van der Waals surface area contributed by atoms with Crippen molar-refractivity contribution in [3.63, 3.8) is 0 Å². The van der Waals surface area contributed by atoms with Crippen LogP contribution in [0.25, 0.3) is 0 Å². The van der Waals surface area contributed by atoms with Crippen molar-refractivity contribution in [3.8, 4) is 0 Å². The van der Waals surface area contributed by atoms with Crippen LogP contribution < -0.4 is 10.7 Å². The van der Waals surface area contributed by atoms with Gasteiger partial charge in [0, 0.05) is 12.1 Å². The monoisotopic (exact) mass is 438 g/mol. The maximum absolute atomic E-state index is 13.0. The largest absolute Gasteiger partial charge is 0.352 e. The summed E-state index contributed by atoms with van der Waals surface area (Å²) in [6, 6.07) is 14.8. The van der Waals surface area contributed by atoms with Gasteiger partial charge in [-0.25, -0.2) is 9.82 Å². The van der Waals surface area contributed by atoms with Gasteiger partial charge in [-0.1, -0.05) is 36.8 Å². The summed E-state index contributed by atoms with van der Waals surface area (Å²) in [5.41, 5.74) is 4.02. The Morgan fingerprint density at radius 2 is 1.72 bits per heavy atom. The SMILES string of the molecule is O=C(NCCCCC(C(=O)N/N=C/c1ccc(F)cc1)N1CCCCC1)c1ccccc1. The quantitative estimate of drug-likeness (QED) is 0.337. The van der Waals surface area contributed by atoms with E-state index >= 15 is 0 Å². The average molecular weight is 439 g/mol. The highest BCUT2D eigenvalue weighted by atomic mass is 19.1. The molecule has 1 aliphatic heterocycles. The van der Waals surface area contributed by atoms with E-state index in [-0.39, 0.29) is 23.7 Å². The van der Waals surface area contributed by atoms with Crippen LogP contribution in [0.1, 0.15) is 54.4 Å². The highest BCUT2D eigenvalue weighted by molar-refractivity contribution is 5.94. The summed E-state index contributed by atoms with van der Waals surface area (Å²) < 4.78 is 13.0. The second-order valence-electron chi connectivity index (χ2n) is 8.02. The number of unbranched alkanes of at least 4 members (excludes halogenated alkanes) is 1. The Hall–Kier alpha value is -3.06. The first-order chi connectivity index (χ1) is 15.6. The molecule has 1 fully saturated rings. The lowest BCUT2D eigenvalue weighted by Gasteiger charge is -2.33. The molecule has 0 spiro atoms. The molecule has 32 heavy (non-hydrogen) atoms. The van der Waals surface area contributed by atoms with Crippen LogP contribution in [0.3, 0.4) is 0 Å². The van der Waals surface area contributed by atoms with Gasteiger partial charge in [-0.2, -0.15) is 5.10 Å². The summed E-state index contributed by atoms with van der Waals surface area (Å²) >= 11 is 0. The lowest BCUT2D eigenvalue weighted by atomic mass is 10.0. The molecule has 0 saturated carbocycles. The molecule has 1 unspecified atom stereocenters. The lowest BCUT2D eigenvalue weighted by molar-refractivity contribution is -0.127. The van der Waals surface area contributed by atoms with Crippen molar-refractivity contribution in [2.45, 2.75) is 44.6 Å². The molecule has 2 aromatic rings. The first-order valence-corrected chi connectivity index (χ1v) is 11.3. The molecular formula is C25H31FN4O2. The number of amides is 2. The van der Waals surface area contributed by atoms with Crippen molar-refractivity contribution in [2.75, 3.05) is 19.6 Å². The van der Waals surface area contributed by atoms with E-state index in [0.29, 0.717) is 18.5 Å². The van der Waals surface area contributed by atoms with Gasteiger partial charge in [0.25, 0.3) is 11.8 Å². The number of benzene rings is 2. The Kier molecular flexibility index (Phi) is 9.37. The number of hydrogen-bond donors (Lipinski definition) is 2. The molecular weight excluding hydrogens is 407 g/mol. The van der Waals surface area contributed by atoms with Gasteiger partial charge < -0.3 is 5.32 Å². The summed E-state index contributed by atoms with van der Waals surface area (Å²) in [5, 5.41) is 6.99. The number of rotatable bonds is 10. The fourth-order valence-corrected chi connectivity index (χ4v) is 3.86. The summed E-state index contributed by atoms with van der Waals surface area (Å²) in [7, 11) is 0. The molecule has 2 amide bonds. The summed E-state index contributed by atoms with van der Waals surface area (Å²) in [6.45, 7) is 2.39. The van der Waals surface area contributed by atoms with Crippen LogP contribution in [-0.4, -0.2) is 48.6 Å². The fraction of sp³-hybridized carbons (Fsp3) is 0.400. The second kappa shape index (κ2) is 12.7. The minimum Gasteiger partial charge on any atom is -0.352 e. The van der Waals surface area contributed by atoms with Crippen molar-refractivity contribution in [1.29, 1.82) is 0 Å². The average Bonchev–Trinajstić information content (AvgIpc) is 2.83. The molecule has 0 aliphatic carbocycles. The van der Waals surface area contributed by atoms with Gasteiger partial charge in [-0.3, -0.25) is 14.5 Å². The van der Waals surface area contributed by atoms with Crippen LogP contribution in [0.5, 0.6) is 0 Å². The number of carbonyl (C=O) groups is 2. The third-order valence-corrected chi connectivity index (χ3v) is 5.62. The number of likely N-dealkylation sites (tertiary alicyclic amines) is 1. The Balaban J connectivity index is 1.47. The van der Waals surface area contributed by atoms with E-state index in [9.17, 15) is 14.0 Å². The van der Waals surface area contributed by atoms with Gasteiger partial charge in [0.1, 0.15) is 5.82 Å². The van der Waals surface area contributed by atoms with Crippen LogP contribution in [0, 0.1) is 5.82 Å². The molecule has 1 atom stereocenters. The third-order valence-electron chi connectivity index (χ3n) is 5.62. The predicted octanol–water partition coefficient (Wildman–Crippen LogP) is 3.73. The smallest absolute Gasteiger partial charge is 0.257 e. The Labute approximate surface area is 188 Å². The van der Waals surface area contributed by atoms with Crippen molar-refractivity contribution < 1.29 is 14.0 Å². The molecule has 3 rings (SSSR count).